The smallest absolute Gasteiger partial charge is 0.113 e. The van der Waals surface area contributed by atoms with Crippen molar-refractivity contribution in [2.45, 2.75) is 25.0 Å². The molecule has 0 amide bonds. The van der Waals surface area contributed by atoms with E-state index in [1.54, 1.807) is 0 Å². The predicted molar refractivity (Wildman–Crippen MR) is 107 cm³/mol. The van der Waals surface area contributed by atoms with E-state index in [2.05, 4.69) is 20.5 Å². The Hall–Kier alpha value is -1.47. The Kier molecular flexibility index (Phi) is 5.78. The van der Waals surface area contributed by atoms with E-state index in [9.17, 15) is 0 Å². The second-order valence-corrected chi connectivity index (χ2v) is 8.23. The molecule has 0 bridgehead atoms. The highest BCUT2D eigenvalue weighted by Crippen LogP contribution is 2.42. The average Bonchev–Trinajstić information content (AvgIpc) is 3.31. The molecular formula is C20H28ClN5O. The first-order valence-electron chi connectivity index (χ1n) is 9.75. The number of methoxy groups -OCH3 is 1. The van der Waals surface area contributed by atoms with Gasteiger partial charge in [-0.1, -0.05) is 28.9 Å². The molecule has 1 aliphatic heterocycles. The minimum Gasteiger partial charge on any atom is -0.379 e. The quantitative estimate of drug-likeness (QED) is 0.823. The average molecular weight is 390 g/mol. The molecule has 146 valence electrons. The lowest BCUT2D eigenvalue weighted by Gasteiger charge is -2.37. The molecule has 2 fully saturated rings. The molecule has 1 aromatic carbocycles. The lowest BCUT2D eigenvalue weighted by molar-refractivity contribution is -0.00544. The van der Waals surface area contributed by atoms with Crippen LogP contribution >= 0.6 is 11.6 Å². The summed E-state index contributed by atoms with van der Waals surface area (Å²) in [6.07, 6.45) is 4.41. The summed E-state index contributed by atoms with van der Waals surface area (Å²) in [6, 6.07) is 8.00. The van der Waals surface area contributed by atoms with Crippen molar-refractivity contribution in [2.75, 3.05) is 40.3 Å². The Balaban J connectivity index is 1.50. The van der Waals surface area contributed by atoms with E-state index in [0.717, 1.165) is 43.1 Å². The van der Waals surface area contributed by atoms with Crippen LogP contribution in [-0.4, -0.2) is 66.3 Å². The van der Waals surface area contributed by atoms with Gasteiger partial charge >= 0.3 is 0 Å². The molecule has 1 saturated carbocycles. The largest absolute Gasteiger partial charge is 0.379 e. The highest BCUT2D eigenvalue weighted by molar-refractivity contribution is 6.30. The minimum atomic E-state index is 0.185. The van der Waals surface area contributed by atoms with E-state index in [-0.39, 0.29) is 12.1 Å². The van der Waals surface area contributed by atoms with Crippen LogP contribution in [0.25, 0.3) is 11.3 Å². The summed E-state index contributed by atoms with van der Waals surface area (Å²) in [6.45, 7) is 4.52. The third-order valence-electron chi connectivity index (χ3n) is 6.11. The first-order valence-corrected chi connectivity index (χ1v) is 10.1. The molecule has 6 nitrogen and oxygen atoms in total. The topological polar surface area (TPSA) is 55.2 Å². The molecule has 0 spiro atoms. The zero-order valence-electron chi connectivity index (χ0n) is 16.0. The molecule has 2 heterocycles. The standard InChI is InChI=1S/C20H28ClN5O/c1-22-6-7-25-11-15-9-19(20(27-2)10-16(15)12-25)26-13-18(23-24-26)14-4-3-5-17(21)8-14/h3-5,8,13,15-16,19-20,22H,6-7,9-12H2,1-2H3/t15-,16+,19-,20-/m1/s1. The van der Waals surface area contributed by atoms with Gasteiger partial charge in [0.25, 0.3) is 0 Å². The number of hydrogen-bond donors (Lipinski definition) is 1. The zero-order chi connectivity index (χ0) is 18.8. The van der Waals surface area contributed by atoms with Crippen molar-refractivity contribution in [2.24, 2.45) is 11.8 Å². The molecular weight excluding hydrogens is 362 g/mol. The first kappa shape index (κ1) is 18.9. The number of rotatable bonds is 6. The third kappa shape index (κ3) is 4.04. The van der Waals surface area contributed by atoms with Crippen molar-refractivity contribution in [1.82, 2.24) is 25.2 Å². The van der Waals surface area contributed by atoms with E-state index in [1.807, 2.05) is 49.3 Å². The van der Waals surface area contributed by atoms with Crippen LogP contribution in [0.2, 0.25) is 5.02 Å². The molecule has 2 aromatic rings. The molecule has 4 atom stereocenters. The molecule has 0 unspecified atom stereocenters. The van der Waals surface area contributed by atoms with Crippen molar-refractivity contribution < 1.29 is 4.74 Å². The Bertz CT molecular complexity index is 766. The second kappa shape index (κ2) is 8.27. The van der Waals surface area contributed by atoms with Crippen LogP contribution in [0.4, 0.5) is 0 Å². The molecule has 27 heavy (non-hydrogen) atoms. The zero-order valence-corrected chi connectivity index (χ0v) is 16.8. The molecule has 4 rings (SSSR count). The van der Waals surface area contributed by atoms with Gasteiger partial charge in [0, 0.05) is 43.9 Å². The Morgan fingerprint density at radius 1 is 1.26 bits per heavy atom. The number of fused-ring (bicyclic) bond motifs is 1. The number of benzene rings is 1. The SMILES string of the molecule is CNCCN1C[C@H]2C[C@@H](n3cc(-c4cccc(Cl)c4)nn3)[C@H](OC)C[C@H]2C1. The van der Waals surface area contributed by atoms with Crippen LogP contribution < -0.4 is 5.32 Å². The summed E-state index contributed by atoms with van der Waals surface area (Å²) >= 11 is 6.12. The summed E-state index contributed by atoms with van der Waals surface area (Å²) in [5.74, 6) is 1.43. The maximum Gasteiger partial charge on any atom is 0.113 e. The van der Waals surface area contributed by atoms with Gasteiger partial charge in [0.05, 0.1) is 18.3 Å². The van der Waals surface area contributed by atoms with Crippen molar-refractivity contribution in [3.63, 3.8) is 0 Å². The van der Waals surface area contributed by atoms with Gasteiger partial charge in [0.1, 0.15) is 5.69 Å². The highest BCUT2D eigenvalue weighted by atomic mass is 35.5. The summed E-state index contributed by atoms with van der Waals surface area (Å²) in [5, 5.41) is 12.8. The minimum absolute atomic E-state index is 0.185. The molecule has 7 heteroatoms. The van der Waals surface area contributed by atoms with E-state index in [4.69, 9.17) is 16.3 Å². The Labute approximate surface area is 165 Å². The van der Waals surface area contributed by atoms with Crippen molar-refractivity contribution in [3.8, 4) is 11.3 Å². The van der Waals surface area contributed by atoms with Crippen LogP contribution in [0, 0.1) is 11.8 Å². The van der Waals surface area contributed by atoms with Crippen LogP contribution in [0.15, 0.2) is 30.5 Å². The highest BCUT2D eigenvalue weighted by Gasteiger charge is 2.43. The third-order valence-corrected chi connectivity index (χ3v) is 6.35. The summed E-state index contributed by atoms with van der Waals surface area (Å²) < 4.78 is 7.89. The molecule has 1 saturated heterocycles. The molecule has 1 aliphatic carbocycles. The van der Waals surface area contributed by atoms with Crippen molar-refractivity contribution in [1.29, 1.82) is 0 Å². The van der Waals surface area contributed by atoms with Crippen LogP contribution in [0.3, 0.4) is 0 Å². The van der Waals surface area contributed by atoms with Crippen molar-refractivity contribution in [3.05, 3.63) is 35.5 Å². The van der Waals surface area contributed by atoms with Crippen LogP contribution in [0.1, 0.15) is 18.9 Å². The van der Waals surface area contributed by atoms with Gasteiger partial charge in [-0.25, -0.2) is 4.68 Å². The maximum atomic E-state index is 6.12. The van der Waals surface area contributed by atoms with E-state index in [0.29, 0.717) is 10.9 Å². The molecule has 1 N–H and O–H groups in total. The first-order chi connectivity index (χ1) is 13.2. The van der Waals surface area contributed by atoms with Gasteiger partial charge in [0.15, 0.2) is 0 Å². The summed E-state index contributed by atoms with van der Waals surface area (Å²) in [5.41, 5.74) is 1.85. The summed E-state index contributed by atoms with van der Waals surface area (Å²) in [7, 11) is 3.84. The number of likely N-dealkylation sites (tertiary alicyclic amines) is 1. The Morgan fingerprint density at radius 3 is 2.81 bits per heavy atom. The lowest BCUT2D eigenvalue weighted by Crippen LogP contribution is -2.37. The number of likely N-dealkylation sites (N-methyl/N-ethyl adjacent to an activating group) is 1. The lowest BCUT2D eigenvalue weighted by atomic mass is 9.77. The fraction of sp³-hybridized carbons (Fsp3) is 0.600. The molecule has 2 aliphatic rings. The van der Waals surface area contributed by atoms with E-state index in [1.165, 1.54) is 13.1 Å². The van der Waals surface area contributed by atoms with E-state index >= 15 is 0 Å². The van der Waals surface area contributed by atoms with Crippen LogP contribution in [0.5, 0.6) is 0 Å². The van der Waals surface area contributed by atoms with Gasteiger partial charge < -0.3 is 15.0 Å². The second-order valence-electron chi connectivity index (χ2n) is 7.79. The van der Waals surface area contributed by atoms with Gasteiger partial charge in [-0.15, -0.1) is 5.10 Å². The molecule has 0 radical (unpaired) electrons. The van der Waals surface area contributed by atoms with Crippen molar-refractivity contribution >= 4 is 11.6 Å². The van der Waals surface area contributed by atoms with Gasteiger partial charge in [0.2, 0.25) is 0 Å². The number of halogens is 1. The summed E-state index contributed by atoms with van der Waals surface area (Å²) in [4.78, 5) is 2.58. The van der Waals surface area contributed by atoms with E-state index < -0.39 is 0 Å². The van der Waals surface area contributed by atoms with Crippen LogP contribution in [-0.2, 0) is 4.74 Å². The van der Waals surface area contributed by atoms with Gasteiger partial charge in [-0.2, -0.15) is 0 Å². The number of ether oxygens (including phenoxy) is 1. The maximum absolute atomic E-state index is 6.12. The Morgan fingerprint density at radius 2 is 2.07 bits per heavy atom. The number of hydrogen-bond acceptors (Lipinski definition) is 5. The fourth-order valence-electron chi connectivity index (χ4n) is 4.69. The molecule has 1 aromatic heterocycles. The normalized spacial score (nSPS) is 28.4. The fourth-order valence-corrected chi connectivity index (χ4v) is 4.88. The van der Waals surface area contributed by atoms with Gasteiger partial charge in [-0.05, 0) is 43.9 Å². The van der Waals surface area contributed by atoms with Gasteiger partial charge in [-0.3, -0.25) is 0 Å². The number of aromatic nitrogens is 3. The number of nitrogens with one attached hydrogen (secondary N) is 1. The monoisotopic (exact) mass is 389 g/mol. The number of nitrogens with zero attached hydrogens (tertiary/aromatic N) is 4. The predicted octanol–water partition coefficient (Wildman–Crippen LogP) is 2.72.